The zero-order chi connectivity index (χ0) is 14.4. The molecule has 0 aliphatic heterocycles. The van der Waals surface area contributed by atoms with Crippen LogP contribution in [-0.4, -0.2) is 36.1 Å². The molecule has 0 radical (unpaired) electrons. The van der Waals surface area contributed by atoms with Crippen LogP contribution in [0.25, 0.3) is 0 Å². The van der Waals surface area contributed by atoms with Gasteiger partial charge in [-0.2, -0.15) is 0 Å². The summed E-state index contributed by atoms with van der Waals surface area (Å²) in [5.41, 5.74) is 0.317. The Morgan fingerprint density at radius 3 is 2.53 bits per heavy atom. The maximum Gasteiger partial charge on any atom is 0.251 e. The first-order chi connectivity index (χ1) is 8.90. The van der Waals surface area contributed by atoms with E-state index in [1.165, 1.54) is 18.2 Å². The molecular formula is C12H14Cl2N2O3. The van der Waals surface area contributed by atoms with Crippen molar-refractivity contribution in [3.8, 4) is 0 Å². The highest BCUT2D eigenvalue weighted by molar-refractivity contribution is 6.42. The van der Waals surface area contributed by atoms with Gasteiger partial charge >= 0.3 is 0 Å². The van der Waals surface area contributed by atoms with Crippen LogP contribution in [0.1, 0.15) is 17.3 Å². The Hall–Kier alpha value is -1.30. The van der Waals surface area contributed by atoms with Crippen molar-refractivity contribution < 1.29 is 14.7 Å². The number of hydrogen-bond acceptors (Lipinski definition) is 3. The van der Waals surface area contributed by atoms with Gasteiger partial charge in [0.25, 0.3) is 5.91 Å². The third-order valence-corrected chi connectivity index (χ3v) is 2.92. The fraction of sp³-hybridized carbons (Fsp3) is 0.333. The SMILES string of the molecule is CC(O)CNC(=O)CNC(=O)c1ccc(Cl)c(Cl)c1. The molecule has 3 N–H and O–H groups in total. The highest BCUT2D eigenvalue weighted by atomic mass is 35.5. The number of amides is 2. The molecule has 0 saturated carbocycles. The molecule has 0 spiro atoms. The van der Waals surface area contributed by atoms with Crippen molar-refractivity contribution in [1.29, 1.82) is 0 Å². The number of rotatable bonds is 5. The molecule has 104 valence electrons. The molecule has 19 heavy (non-hydrogen) atoms. The van der Waals surface area contributed by atoms with E-state index in [0.717, 1.165) is 0 Å². The molecule has 1 aromatic carbocycles. The predicted molar refractivity (Wildman–Crippen MR) is 73.5 cm³/mol. The average Bonchev–Trinajstić information content (AvgIpc) is 2.36. The molecule has 1 aromatic rings. The smallest absolute Gasteiger partial charge is 0.251 e. The molecule has 1 unspecified atom stereocenters. The van der Waals surface area contributed by atoms with E-state index >= 15 is 0 Å². The van der Waals surface area contributed by atoms with Gasteiger partial charge in [-0.1, -0.05) is 23.2 Å². The normalized spacial score (nSPS) is 11.8. The number of halogens is 2. The number of carbonyl (C=O) groups excluding carboxylic acids is 2. The van der Waals surface area contributed by atoms with Crippen LogP contribution in [-0.2, 0) is 4.79 Å². The standard InChI is InChI=1S/C12H14Cl2N2O3/c1-7(17)5-15-11(18)6-16-12(19)8-2-3-9(13)10(14)4-8/h2-4,7,17H,5-6H2,1H3,(H,15,18)(H,16,19). The Morgan fingerprint density at radius 1 is 1.26 bits per heavy atom. The number of hydrogen-bond donors (Lipinski definition) is 3. The van der Waals surface area contributed by atoms with Crippen LogP contribution in [0.4, 0.5) is 0 Å². The van der Waals surface area contributed by atoms with Gasteiger partial charge in [0.2, 0.25) is 5.91 Å². The molecule has 1 atom stereocenters. The number of aliphatic hydroxyl groups excluding tert-OH is 1. The summed E-state index contributed by atoms with van der Waals surface area (Å²) in [6.07, 6.45) is -0.630. The van der Waals surface area contributed by atoms with E-state index in [1.807, 2.05) is 0 Å². The first-order valence-electron chi connectivity index (χ1n) is 5.58. The van der Waals surface area contributed by atoms with Crippen LogP contribution in [0, 0.1) is 0 Å². The van der Waals surface area contributed by atoms with Gasteiger partial charge in [0.05, 0.1) is 22.7 Å². The third kappa shape index (κ3) is 5.46. The largest absolute Gasteiger partial charge is 0.392 e. The van der Waals surface area contributed by atoms with E-state index in [2.05, 4.69) is 10.6 Å². The van der Waals surface area contributed by atoms with Crippen molar-refractivity contribution in [2.75, 3.05) is 13.1 Å². The van der Waals surface area contributed by atoms with E-state index in [-0.39, 0.29) is 24.0 Å². The van der Waals surface area contributed by atoms with Crippen molar-refractivity contribution in [3.05, 3.63) is 33.8 Å². The zero-order valence-electron chi connectivity index (χ0n) is 10.2. The lowest BCUT2D eigenvalue weighted by atomic mass is 10.2. The summed E-state index contributed by atoms with van der Waals surface area (Å²) < 4.78 is 0. The minimum Gasteiger partial charge on any atom is -0.392 e. The lowest BCUT2D eigenvalue weighted by Gasteiger charge is -2.08. The summed E-state index contributed by atoms with van der Waals surface area (Å²) in [5.74, 6) is -0.805. The molecule has 0 heterocycles. The Kier molecular flexibility index (Phi) is 6.08. The molecule has 0 saturated heterocycles. The van der Waals surface area contributed by atoms with Crippen LogP contribution in [0.5, 0.6) is 0 Å². The molecule has 2 amide bonds. The summed E-state index contributed by atoms with van der Waals surface area (Å²) in [4.78, 5) is 23.0. The van der Waals surface area contributed by atoms with Crippen LogP contribution in [0.2, 0.25) is 10.0 Å². The van der Waals surface area contributed by atoms with E-state index in [4.69, 9.17) is 28.3 Å². The summed E-state index contributed by atoms with van der Waals surface area (Å²) in [6, 6.07) is 4.44. The minimum absolute atomic E-state index is 0.140. The second-order valence-corrected chi connectivity index (χ2v) is 4.78. The molecule has 7 heteroatoms. The number of nitrogens with one attached hydrogen (secondary N) is 2. The van der Waals surface area contributed by atoms with Gasteiger partial charge in [0, 0.05) is 12.1 Å². The molecule has 0 aliphatic carbocycles. The van der Waals surface area contributed by atoms with Crippen molar-refractivity contribution >= 4 is 35.0 Å². The summed E-state index contributed by atoms with van der Waals surface area (Å²) in [6.45, 7) is 1.52. The topological polar surface area (TPSA) is 78.4 Å². The quantitative estimate of drug-likeness (QED) is 0.765. The Morgan fingerprint density at radius 2 is 1.95 bits per heavy atom. The Bertz CT molecular complexity index is 478. The van der Waals surface area contributed by atoms with Gasteiger partial charge in [-0.25, -0.2) is 0 Å². The van der Waals surface area contributed by atoms with E-state index < -0.39 is 12.0 Å². The predicted octanol–water partition coefficient (Wildman–Crippen LogP) is 1.22. The van der Waals surface area contributed by atoms with E-state index in [0.29, 0.717) is 10.6 Å². The third-order valence-electron chi connectivity index (χ3n) is 2.19. The summed E-state index contributed by atoms with van der Waals surface area (Å²) in [7, 11) is 0. The van der Waals surface area contributed by atoms with E-state index in [9.17, 15) is 9.59 Å². The number of aliphatic hydroxyl groups is 1. The van der Waals surface area contributed by atoms with Crippen LogP contribution in [0.3, 0.4) is 0 Å². The van der Waals surface area contributed by atoms with Crippen molar-refractivity contribution in [2.24, 2.45) is 0 Å². The molecule has 0 fully saturated rings. The highest BCUT2D eigenvalue weighted by Gasteiger charge is 2.10. The first-order valence-corrected chi connectivity index (χ1v) is 6.33. The molecule has 5 nitrogen and oxygen atoms in total. The maximum atomic E-state index is 11.7. The van der Waals surface area contributed by atoms with Gasteiger partial charge in [-0.05, 0) is 25.1 Å². The number of carbonyl (C=O) groups is 2. The minimum atomic E-state index is -0.630. The van der Waals surface area contributed by atoms with Gasteiger partial charge in [0.1, 0.15) is 0 Å². The lowest BCUT2D eigenvalue weighted by Crippen LogP contribution is -2.39. The summed E-state index contributed by atoms with van der Waals surface area (Å²) >= 11 is 11.5. The monoisotopic (exact) mass is 304 g/mol. The summed E-state index contributed by atoms with van der Waals surface area (Å²) in [5, 5.41) is 14.5. The second kappa shape index (κ2) is 7.33. The van der Waals surface area contributed by atoms with Crippen molar-refractivity contribution in [1.82, 2.24) is 10.6 Å². The van der Waals surface area contributed by atoms with Crippen LogP contribution < -0.4 is 10.6 Å². The maximum absolute atomic E-state index is 11.7. The molecule has 1 rings (SSSR count). The van der Waals surface area contributed by atoms with Crippen LogP contribution >= 0.6 is 23.2 Å². The van der Waals surface area contributed by atoms with Crippen molar-refractivity contribution in [2.45, 2.75) is 13.0 Å². The lowest BCUT2D eigenvalue weighted by molar-refractivity contribution is -0.120. The molecule has 0 aliphatic rings. The Balaban J connectivity index is 2.47. The zero-order valence-corrected chi connectivity index (χ0v) is 11.8. The number of benzene rings is 1. The first kappa shape index (κ1) is 15.8. The molecule has 0 bridgehead atoms. The molecular weight excluding hydrogens is 291 g/mol. The fourth-order valence-corrected chi connectivity index (χ4v) is 1.52. The van der Waals surface area contributed by atoms with E-state index in [1.54, 1.807) is 6.92 Å². The van der Waals surface area contributed by atoms with Gasteiger partial charge < -0.3 is 15.7 Å². The van der Waals surface area contributed by atoms with Crippen LogP contribution in [0.15, 0.2) is 18.2 Å². The van der Waals surface area contributed by atoms with Crippen molar-refractivity contribution in [3.63, 3.8) is 0 Å². The molecule has 0 aromatic heterocycles. The highest BCUT2D eigenvalue weighted by Crippen LogP contribution is 2.22. The second-order valence-electron chi connectivity index (χ2n) is 3.96. The Labute approximate surface area is 120 Å². The van der Waals surface area contributed by atoms with Gasteiger partial charge in [-0.3, -0.25) is 9.59 Å². The fourth-order valence-electron chi connectivity index (χ4n) is 1.22. The van der Waals surface area contributed by atoms with Gasteiger partial charge in [0.15, 0.2) is 0 Å². The van der Waals surface area contributed by atoms with Gasteiger partial charge in [-0.15, -0.1) is 0 Å². The average molecular weight is 305 g/mol.